The Morgan fingerprint density at radius 2 is 1.93 bits per heavy atom. The van der Waals surface area contributed by atoms with Gasteiger partial charge in [-0.05, 0) is 48.9 Å². The first-order chi connectivity index (χ1) is 13.3. The van der Waals surface area contributed by atoms with Gasteiger partial charge in [-0.1, -0.05) is 6.07 Å². The Hall–Kier alpha value is -2.96. The van der Waals surface area contributed by atoms with Crippen LogP contribution >= 0.6 is 0 Å². The van der Waals surface area contributed by atoms with Crippen LogP contribution in [0.2, 0.25) is 0 Å². The van der Waals surface area contributed by atoms with E-state index in [9.17, 15) is 17.6 Å². The summed E-state index contributed by atoms with van der Waals surface area (Å²) in [4.78, 5) is 12.4. The van der Waals surface area contributed by atoms with Crippen LogP contribution in [0.5, 0.6) is 5.75 Å². The summed E-state index contributed by atoms with van der Waals surface area (Å²) in [6.07, 6.45) is 0.0591. The Morgan fingerprint density at radius 1 is 1.25 bits per heavy atom. The Morgan fingerprint density at radius 3 is 2.50 bits per heavy atom. The first kappa shape index (κ1) is 21.3. The van der Waals surface area contributed by atoms with Gasteiger partial charge in [-0.15, -0.1) is 0 Å². The highest BCUT2D eigenvalue weighted by atomic mass is 32.2. The summed E-state index contributed by atoms with van der Waals surface area (Å²) in [7, 11) is -2.37. The molecule has 0 aliphatic carbocycles. The van der Waals surface area contributed by atoms with E-state index in [1.807, 2.05) is 6.07 Å². The average molecular weight is 405 g/mol. The molecular weight excluding hydrogens is 385 g/mol. The quantitative estimate of drug-likeness (QED) is 0.656. The maximum Gasteiger partial charge on any atom is 0.251 e. The van der Waals surface area contributed by atoms with Crippen LogP contribution in [0.15, 0.2) is 47.4 Å². The summed E-state index contributed by atoms with van der Waals surface area (Å²) < 4.78 is 45.1. The largest absolute Gasteiger partial charge is 0.494 e. The molecule has 9 heteroatoms. The number of nitrogens with one attached hydrogen (secondary N) is 2. The van der Waals surface area contributed by atoms with Gasteiger partial charge in [0.05, 0.1) is 24.1 Å². The van der Waals surface area contributed by atoms with Gasteiger partial charge in [0.25, 0.3) is 5.91 Å². The third-order valence-electron chi connectivity index (χ3n) is 3.98. The fourth-order valence-corrected chi connectivity index (χ4v) is 3.46. The summed E-state index contributed by atoms with van der Waals surface area (Å²) >= 11 is 0. The van der Waals surface area contributed by atoms with Crippen molar-refractivity contribution in [3.05, 3.63) is 59.4 Å². The first-order valence-electron chi connectivity index (χ1n) is 8.39. The molecule has 2 rings (SSSR count). The van der Waals surface area contributed by atoms with E-state index < -0.39 is 27.8 Å². The van der Waals surface area contributed by atoms with Crippen molar-refractivity contribution in [3.63, 3.8) is 0 Å². The number of carbonyl (C=O) groups is 1. The Labute approximate surface area is 163 Å². The van der Waals surface area contributed by atoms with Crippen LogP contribution in [-0.4, -0.2) is 28.0 Å². The number of hydrogen-bond donors (Lipinski definition) is 2. The molecule has 0 fully saturated rings. The predicted octanol–water partition coefficient (Wildman–Crippen LogP) is 2.52. The summed E-state index contributed by atoms with van der Waals surface area (Å²) in [5, 5.41) is 11.2. The lowest BCUT2D eigenvalue weighted by molar-refractivity contribution is 0.0939. The molecule has 2 aromatic rings. The highest BCUT2D eigenvalue weighted by molar-refractivity contribution is 7.89. The molecule has 0 spiro atoms. The summed E-state index contributed by atoms with van der Waals surface area (Å²) in [6, 6.07) is 11.2. The minimum absolute atomic E-state index is 0.00716. The number of methoxy groups -OCH3 is 1. The second kappa shape index (κ2) is 9.30. The second-order valence-corrected chi connectivity index (χ2v) is 7.69. The molecule has 1 amide bonds. The Bertz CT molecular complexity index is 985. The molecule has 7 nitrogen and oxygen atoms in total. The molecular formula is C19H20FN3O4S. The van der Waals surface area contributed by atoms with Gasteiger partial charge in [0, 0.05) is 18.5 Å². The third-order valence-corrected chi connectivity index (χ3v) is 5.46. The molecule has 0 saturated carbocycles. The van der Waals surface area contributed by atoms with Crippen molar-refractivity contribution in [1.82, 2.24) is 10.0 Å². The first-order valence-corrected chi connectivity index (χ1v) is 9.88. The van der Waals surface area contributed by atoms with Gasteiger partial charge in [-0.2, -0.15) is 5.26 Å². The molecule has 0 saturated heterocycles. The van der Waals surface area contributed by atoms with Crippen molar-refractivity contribution >= 4 is 15.9 Å². The number of halogens is 1. The van der Waals surface area contributed by atoms with Crippen molar-refractivity contribution in [1.29, 1.82) is 5.26 Å². The van der Waals surface area contributed by atoms with Gasteiger partial charge in [0.2, 0.25) is 10.0 Å². The van der Waals surface area contributed by atoms with Crippen LogP contribution in [0, 0.1) is 17.1 Å². The van der Waals surface area contributed by atoms with Gasteiger partial charge < -0.3 is 10.1 Å². The molecule has 1 atom stereocenters. The van der Waals surface area contributed by atoms with Crippen molar-refractivity contribution in [2.45, 2.75) is 24.3 Å². The summed E-state index contributed by atoms with van der Waals surface area (Å²) in [5.74, 6) is -0.841. The molecule has 28 heavy (non-hydrogen) atoms. The number of nitrogens with zero attached hydrogens (tertiary/aromatic N) is 1. The Balaban J connectivity index is 2.06. The number of rotatable bonds is 8. The van der Waals surface area contributed by atoms with E-state index in [0.29, 0.717) is 5.56 Å². The van der Waals surface area contributed by atoms with E-state index in [2.05, 4.69) is 10.0 Å². The third kappa shape index (κ3) is 5.28. The molecule has 148 valence electrons. The predicted molar refractivity (Wildman–Crippen MR) is 101 cm³/mol. The van der Waals surface area contributed by atoms with Crippen molar-refractivity contribution in [2.75, 3.05) is 13.7 Å². The number of carbonyl (C=O) groups excluding carboxylic acids is 1. The lowest BCUT2D eigenvalue weighted by Crippen LogP contribution is -2.27. The van der Waals surface area contributed by atoms with Crippen LogP contribution in [0.3, 0.4) is 0 Å². The maximum absolute atomic E-state index is 13.8. The van der Waals surface area contributed by atoms with E-state index in [1.165, 1.54) is 43.5 Å². The molecule has 0 heterocycles. The number of sulfonamides is 1. The second-order valence-electron chi connectivity index (χ2n) is 5.92. The molecule has 0 unspecified atom stereocenters. The topological polar surface area (TPSA) is 108 Å². The van der Waals surface area contributed by atoms with Crippen LogP contribution < -0.4 is 14.8 Å². The molecule has 2 aromatic carbocycles. The summed E-state index contributed by atoms with van der Waals surface area (Å²) in [6.45, 7) is 1.72. The molecule has 0 radical (unpaired) electrons. The van der Waals surface area contributed by atoms with Crippen molar-refractivity contribution in [2.24, 2.45) is 0 Å². The van der Waals surface area contributed by atoms with Crippen molar-refractivity contribution < 1.29 is 22.3 Å². The number of hydrogen-bond acceptors (Lipinski definition) is 5. The van der Waals surface area contributed by atoms with Crippen LogP contribution in [0.4, 0.5) is 4.39 Å². The highest BCUT2D eigenvalue weighted by Crippen LogP contribution is 2.22. The minimum atomic E-state index is -3.74. The Kier molecular flexibility index (Phi) is 7.09. The fourth-order valence-electron chi connectivity index (χ4n) is 2.43. The highest BCUT2D eigenvalue weighted by Gasteiger charge is 2.16. The molecule has 0 aliphatic heterocycles. The van der Waals surface area contributed by atoms with Crippen LogP contribution in [0.1, 0.15) is 35.3 Å². The summed E-state index contributed by atoms with van der Waals surface area (Å²) in [5.41, 5.74) is 0.823. The molecule has 0 bridgehead atoms. The van der Waals surface area contributed by atoms with Gasteiger partial charge in [-0.25, -0.2) is 17.5 Å². The number of ether oxygens (including phenoxy) is 1. The number of benzene rings is 2. The van der Waals surface area contributed by atoms with Gasteiger partial charge in [-0.3, -0.25) is 4.79 Å². The molecule has 0 aliphatic rings. The van der Waals surface area contributed by atoms with Gasteiger partial charge >= 0.3 is 0 Å². The van der Waals surface area contributed by atoms with Crippen LogP contribution in [-0.2, 0) is 10.0 Å². The van der Waals surface area contributed by atoms with Gasteiger partial charge in [0.15, 0.2) is 11.6 Å². The molecule has 0 aromatic heterocycles. The van der Waals surface area contributed by atoms with E-state index >= 15 is 0 Å². The smallest absolute Gasteiger partial charge is 0.251 e. The SMILES string of the molecule is COc1ccc([C@H](C)NC(=O)c2ccc(S(=O)(=O)NCCC#N)cc2)cc1F. The lowest BCUT2D eigenvalue weighted by atomic mass is 10.1. The van der Waals surface area contributed by atoms with E-state index in [1.54, 1.807) is 13.0 Å². The lowest BCUT2D eigenvalue weighted by Gasteiger charge is -2.15. The number of nitriles is 1. The average Bonchev–Trinajstić information content (AvgIpc) is 2.68. The van der Waals surface area contributed by atoms with Crippen LogP contribution in [0.25, 0.3) is 0 Å². The van der Waals surface area contributed by atoms with E-state index in [4.69, 9.17) is 10.00 Å². The zero-order valence-electron chi connectivity index (χ0n) is 15.4. The minimum Gasteiger partial charge on any atom is -0.494 e. The zero-order chi connectivity index (χ0) is 20.7. The zero-order valence-corrected chi connectivity index (χ0v) is 16.2. The maximum atomic E-state index is 13.8. The van der Waals surface area contributed by atoms with E-state index in [0.717, 1.165) is 0 Å². The molecule has 2 N–H and O–H groups in total. The monoisotopic (exact) mass is 405 g/mol. The van der Waals surface area contributed by atoms with Gasteiger partial charge in [0.1, 0.15) is 0 Å². The normalized spacial score (nSPS) is 12.1. The fraction of sp³-hybridized carbons (Fsp3) is 0.263. The standard InChI is InChI=1S/C19H20FN3O4S/c1-13(15-6-9-18(27-2)17(20)12-15)23-19(24)14-4-7-16(8-5-14)28(25,26)22-11-3-10-21/h4-9,12-13,22H,3,11H2,1-2H3,(H,23,24)/t13-/m0/s1. The van der Waals surface area contributed by atoms with Crippen molar-refractivity contribution in [3.8, 4) is 11.8 Å². The number of amides is 1. The van der Waals surface area contributed by atoms with E-state index in [-0.39, 0.29) is 29.2 Å².